The fourth-order valence-electron chi connectivity index (χ4n) is 1.98. The molecule has 0 aromatic heterocycles. The molecule has 0 aliphatic heterocycles. The van der Waals surface area contributed by atoms with E-state index in [1.807, 2.05) is 12.2 Å². The monoisotopic (exact) mass is 259 g/mol. The number of carbonyl (C=O) groups is 3. The predicted molar refractivity (Wildman–Crippen MR) is 65.4 cm³/mol. The van der Waals surface area contributed by atoms with Crippen molar-refractivity contribution in [2.45, 2.75) is 46.6 Å². The van der Waals surface area contributed by atoms with Crippen molar-refractivity contribution in [2.75, 3.05) is 0 Å². The Balaban J connectivity index is 5.33. The Bertz CT molecular complexity index is 337. The fraction of sp³-hybridized carbons (Fsp3) is 0.750. The molecule has 0 heterocycles. The SMILES string of the molecule is CCCC(C(NC(=O)O)C(=O)O)C(C)(C)C(C)=O. The van der Waals surface area contributed by atoms with E-state index in [0.29, 0.717) is 12.8 Å². The Hall–Kier alpha value is -1.59. The average molecular weight is 259 g/mol. The van der Waals surface area contributed by atoms with Crippen LogP contribution in [-0.2, 0) is 9.59 Å². The highest BCUT2D eigenvalue weighted by Crippen LogP contribution is 2.34. The number of carbonyl (C=O) groups excluding carboxylic acids is 1. The van der Waals surface area contributed by atoms with Crippen LogP contribution in [0.1, 0.15) is 40.5 Å². The lowest BCUT2D eigenvalue weighted by atomic mass is 9.70. The van der Waals surface area contributed by atoms with Crippen LogP contribution in [0.15, 0.2) is 0 Å². The van der Waals surface area contributed by atoms with E-state index in [9.17, 15) is 14.4 Å². The molecule has 1 amide bonds. The van der Waals surface area contributed by atoms with E-state index in [1.165, 1.54) is 6.92 Å². The van der Waals surface area contributed by atoms with Crippen LogP contribution < -0.4 is 5.32 Å². The zero-order chi connectivity index (χ0) is 14.5. The van der Waals surface area contributed by atoms with Crippen LogP contribution in [0.3, 0.4) is 0 Å². The summed E-state index contributed by atoms with van der Waals surface area (Å²) < 4.78 is 0. The van der Waals surface area contributed by atoms with Crippen LogP contribution in [-0.4, -0.2) is 34.1 Å². The molecule has 0 aromatic carbocycles. The summed E-state index contributed by atoms with van der Waals surface area (Å²) >= 11 is 0. The molecule has 0 fully saturated rings. The minimum absolute atomic E-state index is 0.153. The third-order valence-electron chi connectivity index (χ3n) is 3.38. The Morgan fingerprint density at radius 3 is 2.00 bits per heavy atom. The van der Waals surface area contributed by atoms with E-state index in [-0.39, 0.29) is 5.78 Å². The van der Waals surface area contributed by atoms with Crippen LogP contribution in [0, 0.1) is 11.3 Å². The molecule has 0 aromatic rings. The van der Waals surface area contributed by atoms with Crippen molar-refractivity contribution in [1.29, 1.82) is 0 Å². The molecule has 18 heavy (non-hydrogen) atoms. The second-order valence-corrected chi connectivity index (χ2v) is 4.94. The molecular formula is C12H21NO5. The van der Waals surface area contributed by atoms with Gasteiger partial charge in [0, 0.05) is 11.3 Å². The van der Waals surface area contributed by atoms with Gasteiger partial charge in [0.25, 0.3) is 0 Å². The van der Waals surface area contributed by atoms with Crippen molar-refractivity contribution in [3.8, 4) is 0 Å². The molecule has 0 spiro atoms. The molecule has 0 saturated carbocycles. The average Bonchev–Trinajstić information content (AvgIpc) is 2.22. The number of nitrogens with one attached hydrogen (secondary N) is 1. The van der Waals surface area contributed by atoms with E-state index < -0.39 is 29.4 Å². The van der Waals surface area contributed by atoms with E-state index in [4.69, 9.17) is 10.2 Å². The van der Waals surface area contributed by atoms with Crippen molar-refractivity contribution in [3.05, 3.63) is 0 Å². The maximum atomic E-state index is 11.6. The first-order chi connectivity index (χ1) is 8.14. The van der Waals surface area contributed by atoms with Crippen LogP contribution in [0.25, 0.3) is 0 Å². The number of Topliss-reactive ketones (excluding diaryl/α,β-unsaturated/α-hetero) is 1. The summed E-state index contributed by atoms with van der Waals surface area (Å²) in [6.45, 7) is 6.55. The third kappa shape index (κ3) is 4.01. The van der Waals surface area contributed by atoms with Gasteiger partial charge in [-0.2, -0.15) is 0 Å². The summed E-state index contributed by atoms with van der Waals surface area (Å²) in [7, 11) is 0. The van der Waals surface area contributed by atoms with Crippen LogP contribution in [0.4, 0.5) is 4.79 Å². The summed E-state index contributed by atoms with van der Waals surface area (Å²) in [5, 5.41) is 19.8. The van der Waals surface area contributed by atoms with E-state index >= 15 is 0 Å². The Morgan fingerprint density at radius 1 is 1.22 bits per heavy atom. The molecule has 2 atom stereocenters. The molecule has 6 nitrogen and oxygen atoms in total. The summed E-state index contributed by atoms with van der Waals surface area (Å²) in [6, 6.07) is -1.28. The number of amides is 1. The third-order valence-corrected chi connectivity index (χ3v) is 3.38. The molecule has 104 valence electrons. The van der Waals surface area contributed by atoms with Gasteiger partial charge >= 0.3 is 12.1 Å². The van der Waals surface area contributed by atoms with Gasteiger partial charge in [0.1, 0.15) is 11.8 Å². The number of aliphatic carboxylic acids is 1. The molecule has 0 aliphatic rings. The standard InChI is InChI=1S/C12H21NO5/c1-5-6-8(12(3,4)7(2)14)9(10(15)16)13-11(17)18/h8-9,13H,5-6H2,1-4H3,(H,15,16)(H,17,18). The van der Waals surface area contributed by atoms with Gasteiger partial charge in [0.05, 0.1) is 0 Å². The van der Waals surface area contributed by atoms with Crippen LogP contribution in [0.5, 0.6) is 0 Å². The van der Waals surface area contributed by atoms with Gasteiger partial charge in [0.15, 0.2) is 0 Å². The number of ketones is 1. The fourth-order valence-corrected chi connectivity index (χ4v) is 1.98. The molecule has 0 aliphatic carbocycles. The lowest BCUT2D eigenvalue weighted by Gasteiger charge is -2.35. The highest BCUT2D eigenvalue weighted by atomic mass is 16.4. The molecular weight excluding hydrogens is 238 g/mol. The number of hydrogen-bond acceptors (Lipinski definition) is 3. The first-order valence-electron chi connectivity index (χ1n) is 5.87. The van der Waals surface area contributed by atoms with Gasteiger partial charge < -0.3 is 15.5 Å². The Morgan fingerprint density at radius 2 is 1.72 bits per heavy atom. The van der Waals surface area contributed by atoms with Crippen molar-refractivity contribution in [1.82, 2.24) is 5.32 Å². The van der Waals surface area contributed by atoms with Gasteiger partial charge in [-0.05, 0) is 13.3 Å². The lowest BCUT2D eigenvalue weighted by molar-refractivity contribution is -0.143. The van der Waals surface area contributed by atoms with Crippen LogP contribution >= 0.6 is 0 Å². The zero-order valence-electron chi connectivity index (χ0n) is 11.2. The van der Waals surface area contributed by atoms with E-state index in [2.05, 4.69) is 0 Å². The van der Waals surface area contributed by atoms with Crippen LogP contribution in [0.2, 0.25) is 0 Å². The largest absolute Gasteiger partial charge is 0.480 e. The van der Waals surface area contributed by atoms with Crippen molar-refractivity contribution < 1.29 is 24.6 Å². The van der Waals surface area contributed by atoms with E-state index in [0.717, 1.165) is 0 Å². The Kier molecular flexibility index (Phi) is 5.81. The summed E-state index contributed by atoms with van der Waals surface area (Å²) in [4.78, 5) is 33.5. The number of rotatable bonds is 7. The highest BCUT2D eigenvalue weighted by molar-refractivity contribution is 5.85. The smallest absolute Gasteiger partial charge is 0.405 e. The van der Waals surface area contributed by atoms with Crippen molar-refractivity contribution in [3.63, 3.8) is 0 Å². The van der Waals surface area contributed by atoms with E-state index in [1.54, 1.807) is 13.8 Å². The first-order valence-corrected chi connectivity index (χ1v) is 5.87. The van der Waals surface area contributed by atoms with Gasteiger partial charge in [-0.25, -0.2) is 9.59 Å². The molecule has 6 heteroatoms. The maximum Gasteiger partial charge on any atom is 0.405 e. The summed E-state index contributed by atoms with van der Waals surface area (Å²) in [5.74, 6) is -1.99. The number of carboxylic acid groups (broad SMARTS) is 2. The number of hydrogen-bond donors (Lipinski definition) is 3. The normalized spacial score (nSPS) is 14.7. The molecule has 2 unspecified atom stereocenters. The molecule has 0 radical (unpaired) electrons. The molecule has 0 bridgehead atoms. The van der Waals surface area contributed by atoms with Gasteiger partial charge in [-0.15, -0.1) is 0 Å². The second kappa shape index (κ2) is 6.37. The number of carboxylic acids is 1. The molecule has 0 rings (SSSR count). The quantitative estimate of drug-likeness (QED) is 0.646. The zero-order valence-corrected chi connectivity index (χ0v) is 11.2. The summed E-state index contributed by atoms with van der Waals surface area (Å²) in [5.41, 5.74) is -0.887. The maximum absolute atomic E-state index is 11.6. The lowest BCUT2D eigenvalue weighted by Crippen LogP contribution is -2.51. The van der Waals surface area contributed by atoms with Gasteiger partial charge in [0.2, 0.25) is 0 Å². The van der Waals surface area contributed by atoms with Crippen molar-refractivity contribution in [2.24, 2.45) is 11.3 Å². The molecule has 0 saturated heterocycles. The minimum atomic E-state index is -1.40. The first kappa shape index (κ1) is 16.4. The second-order valence-electron chi connectivity index (χ2n) is 4.94. The minimum Gasteiger partial charge on any atom is -0.480 e. The van der Waals surface area contributed by atoms with Crippen molar-refractivity contribution >= 4 is 17.8 Å². The summed E-state index contributed by atoms with van der Waals surface area (Å²) in [6.07, 6.45) is -0.265. The Labute approximate surface area is 106 Å². The van der Waals surface area contributed by atoms with Gasteiger partial charge in [-0.3, -0.25) is 4.79 Å². The topological polar surface area (TPSA) is 104 Å². The highest BCUT2D eigenvalue weighted by Gasteiger charge is 2.42. The predicted octanol–water partition coefficient (Wildman–Crippen LogP) is 1.74. The van der Waals surface area contributed by atoms with Gasteiger partial charge in [-0.1, -0.05) is 27.2 Å². The molecule has 3 N–H and O–H groups in total.